The molecule has 0 aliphatic rings. The number of hydrogen-bond donors (Lipinski definition) is 1. The number of nitrogens with zero attached hydrogens (tertiary/aromatic N) is 1. The summed E-state index contributed by atoms with van der Waals surface area (Å²) in [5, 5.41) is 9.02. The van der Waals surface area contributed by atoms with Gasteiger partial charge in [0.25, 0.3) is 0 Å². The molecule has 0 atom stereocenters. The molecule has 0 aliphatic heterocycles. The van der Waals surface area contributed by atoms with Gasteiger partial charge in [0, 0.05) is 5.41 Å². The molecular formula is C12H19NO3. The van der Waals surface area contributed by atoms with Crippen LogP contribution in [0.2, 0.25) is 0 Å². The third-order valence-electron chi connectivity index (χ3n) is 2.13. The molecule has 1 heterocycles. The third-order valence-corrected chi connectivity index (χ3v) is 2.13. The summed E-state index contributed by atoms with van der Waals surface area (Å²) in [7, 11) is 0. The Balaban J connectivity index is 3.15. The summed E-state index contributed by atoms with van der Waals surface area (Å²) >= 11 is 0. The van der Waals surface area contributed by atoms with E-state index in [-0.39, 0.29) is 11.2 Å². The van der Waals surface area contributed by atoms with Gasteiger partial charge in [-0.1, -0.05) is 34.6 Å². The average molecular weight is 225 g/mol. The van der Waals surface area contributed by atoms with Gasteiger partial charge in [-0.25, -0.2) is 9.78 Å². The van der Waals surface area contributed by atoms with Crippen molar-refractivity contribution in [3.05, 3.63) is 17.3 Å². The largest absolute Gasteiger partial charge is 0.475 e. The van der Waals surface area contributed by atoms with E-state index in [1.807, 2.05) is 34.6 Å². The summed E-state index contributed by atoms with van der Waals surface area (Å²) in [4.78, 5) is 15.3. The molecule has 1 rings (SSSR count). The molecule has 16 heavy (non-hydrogen) atoms. The molecule has 0 aliphatic carbocycles. The maximum atomic E-state index is 11.0. The Morgan fingerprint density at radius 3 is 2.38 bits per heavy atom. The number of rotatable bonds is 3. The number of oxazole rings is 1. The fraction of sp³-hybridized carbons (Fsp3) is 0.667. The highest BCUT2D eigenvalue weighted by molar-refractivity contribution is 5.85. The SMILES string of the molecule is CC(C)Cc1nc(C(C)(C)C)oc1C(=O)O. The molecule has 0 unspecified atom stereocenters. The van der Waals surface area contributed by atoms with Gasteiger partial charge in [-0.05, 0) is 12.3 Å². The maximum Gasteiger partial charge on any atom is 0.373 e. The average Bonchev–Trinajstić information content (AvgIpc) is 2.45. The number of aromatic nitrogens is 1. The van der Waals surface area contributed by atoms with E-state index in [9.17, 15) is 4.79 Å². The van der Waals surface area contributed by atoms with Crippen molar-refractivity contribution in [2.45, 2.75) is 46.5 Å². The highest BCUT2D eigenvalue weighted by Gasteiger charge is 2.26. The van der Waals surface area contributed by atoms with Crippen molar-refractivity contribution in [2.24, 2.45) is 5.92 Å². The summed E-state index contributed by atoms with van der Waals surface area (Å²) < 4.78 is 5.33. The number of carbonyl (C=O) groups is 1. The van der Waals surface area contributed by atoms with Crippen molar-refractivity contribution >= 4 is 5.97 Å². The fourth-order valence-electron chi connectivity index (χ4n) is 1.36. The lowest BCUT2D eigenvalue weighted by atomic mass is 9.97. The number of hydrogen-bond acceptors (Lipinski definition) is 3. The molecule has 0 aromatic carbocycles. The molecule has 0 fully saturated rings. The summed E-state index contributed by atoms with van der Waals surface area (Å²) in [5.41, 5.74) is 0.284. The van der Waals surface area contributed by atoms with E-state index in [2.05, 4.69) is 4.98 Å². The molecule has 1 aromatic heterocycles. The summed E-state index contributed by atoms with van der Waals surface area (Å²) in [6, 6.07) is 0. The smallest absolute Gasteiger partial charge is 0.373 e. The Labute approximate surface area is 95.7 Å². The lowest BCUT2D eigenvalue weighted by Crippen LogP contribution is -2.11. The minimum absolute atomic E-state index is 0.0152. The Morgan fingerprint density at radius 2 is 2.00 bits per heavy atom. The molecule has 0 amide bonds. The number of aromatic carboxylic acids is 1. The van der Waals surface area contributed by atoms with Gasteiger partial charge in [0.2, 0.25) is 11.7 Å². The minimum Gasteiger partial charge on any atom is -0.475 e. The second-order valence-electron chi connectivity index (χ2n) is 5.45. The molecule has 0 saturated carbocycles. The van der Waals surface area contributed by atoms with Crippen LogP contribution < -0.4 is 0 Å². The molecule has 90 valence electrons. The van der Waals surface area contributed by atoms with Crippen LogP contribution in [0.3, 0.4) is 0 Å². The van der Waals surface area contributed by atoms with Gasteiger partial charge < -0.3 is 9.52 Å². The lowest BCUT2D eigenvalue weighted by Gasteiger charge is -2.11. The van der Waals surface area contributed by atoms with Crippen molar-refractivity contribution in [1.29, 1.82) is 0 Å². The van der Waals surface area contributed by atoms with Gasteiger partial charge in [-0.2, -0.15) is 0 Å². The number of carboxylic acid groups (broad SMARTS) is 1. The summed E-state index contributed by atoms with van der Waals surface area (Å²) in [5.74, 6) is -0.214. The monoisotopic (exact) mass is 225 g/mol. The van der Waals surface area contributed by atoms with Crippen LogP contribution in [0.5, 0.6) is 0 Å². The second kappa shape index (κ2) is 4.28. The molecule has 1 aromatic rings. The molecule has 0 bridgehead atoms. The van der Waals surface area contributed by atoms with Gasteiger partial charge in [-0.15, -0.1) is 0 Å². The second-order valence-corrected chi connectivity index (χ2v) is 5.45. The van der Waals surface area contributed by atoms with E-state index in [0.717, 1.165) is 0 Å². The Hall–Kier alpha value is -1.32. The van der Waals surface area contributed by atoms with E-state index in [1.54, 1.807) is 0 Å². The van der Waals surface area contributed by atoms with Crippen LogP contribution in [0, 0.1) is 5.92 Å². The fourth-order valence-corrected chi connectivity index (χ4v) is 1.36. The predicted molar refractivity (Wildman–Crippen MR) is 60.7 cm³/mol. The maximum absolute atomic E-state index is 11.0. The highest BCUT2D eigenvalue weighted by atomic mass is 16.4. The van der Waals surface area contributed by atoms with Crippen molar-refractivity contribution < 1.29 is 14.3 Å². The Kier molecular flexibility index (Phi) is 3.41. The minimum atomic E-state index is -1.04. The molecule has 0 spiro atoms. The summed E-state index contributed by atoms with van der Waals surface area (Å²) in [6.45, 7) is 9.89. The summed E-state index contributed by atoms with van der Waals surface area (Å²) in [6.07, 6.45) is 0.626. The van der Waals surface area contributed by atoms with E-state index in [0.29, 0.717) is 23.9 Å². The van der Waals surface area contributed by atoms with Crippen molar-refractivity contribution in [2.75, 3.05) is 0 Å². The quantitative estimate of drug-likeness (QED) is 0.859. The van der Waals surface area contributed by atoms with Gasteiger partial charge in [-0.3, -0.25) is 0 Å². The third kappa shape index (κ3) is 2.84. The number of carboxylic acids is 1. The van der Waals surface area contributed by atoms with E-state index in [4.69, 9.17) is 9.52 Å². The van der Waals surface area contributed by atoms with Crippen LogP contribution in [-0.4, -0.2) is 16.1 Å². The van der Waals surface area contributed by atoms with Gasteiger partial charge >= 0.3 is 5.97 Å². The Morgan fingerprint density at radius 1 is 1.44 bits per heavy atom. The molecule has 4 nitrogen and oxygen atoms in total. The highest BCUT2D eigenvalue weighted by Crippen LogP contribution is 2.25. The van der Waals surface area contributed by atoms with Gasteiger partial charge in [0.1, 0.15) is 0 Å². The topological polar surface area (TPSA) is 63.3 Å². The van der Waals surface area contributed by atoms with Crippen molar-refractivity contribution in [1.82, 2.24) is 4.98 Å². The zero-order valence-corrected chi connectivity index (χ0v) is 10.5. The molecule has 0 radical (unpaired) electrons. The zero-order chi connectivity index (χ0) is 12.5. The van der Waals surface area contributed by atoms with Crippen LogP contribution >= 0.6 is 0 Å². The predicted octanol–water partition coefficient (Wildman–Crippen LogP) is 2.87. The van der Waals surface area contributed by atoms with Crippen molar-refractivity contribution in [3.8, 4) is 0 Å². The van der Waals surface area contributed by atoms with E-state index in [1.165, 1.54) is 0 Å². The van der Waals surface area contributed by atoms with Crippen LogP contribution in [0.25, 0.3) is 0 Å². The van der Waals surface area contributed by atoms with Crippen LogP contribution in [0.15, 0.2) is 4.42 Å². The van der Waals surface area contributed by atoms with Crippen LogP contribution in [-0.2, 0) is 11.8 Å². The van der Waals surface area contributed by atoms with Crippen LogP contribution in [0.1, 0.15) is 56.8 Å². The van der Waals surface area contributed by atoms with E-state index < -0.39 is 5.97 Å². The first-order valence-corrected chi connectivity index (χ1v) is 5.45. The molecule has 0 saturated heterocycles. The van der Waals surface area contributed by atoms with E-state index >= 15 is 0 Å². The van der Waals surface area contributed by atoms with Crippen LogP contribution in [0.4, 0.5) is 0 Å². The molecular weight excluding hydrogens is 206 g/mol. The lowest BCUT2D eigenvalue weighted by molar-refractivity contribution is 0.0657. The first-order chi connectivity index (χ1) is 7.21. The first kappa shape index (κ1) is 12.7. The normalized spacial score (nSPS) is 12.1. The van der Waals surface area contributed by atoms with Crippen molar-refractivity contribution in [3.63, 3.8) is 0 Å². The first-order valence-electron chi connectivity index (χ1n) is 5.45. The van der Waals surface area contributed by atoms with Gasteiger partial charge in [0.05, 0.1) is 5.69 Å². The Bertz CT molecular complexity index is 385. The molecule has 4 heteroatoms. The standard InChI is InChI=1S/C12H19NO3/c1-7(2)6-8-9(10(14)15)16-11(13-8)12(3,4)5/h7H,6H2,1-5H3,(H,14,15). The van der Waals surface area contributed by atoms with Gasteiger partial charge in [0.15, 0.2) is 0 Å². The molecule has 1 N–H and O–H groups in total. The zero-order valence-electron chi connectivity index (χ0n) is 10.5.